The van der Waals surface area contributed by atoms with Crippen LogP contribution in [0.1, 0.15) is 60.0 Å². The first-order chi connectivity index (χ1) is 16.9. The lowest BCUT2D eigenvalue weighted by molar-refractivity contribution is -0.162. The predicted octanol–water partition coefficient (Wildman–Crippen LogP) is 4.02. The molecule has 2 aromatic rings. The maximum Gasteiger partial charge on any atom is 0.417 e. The van der Waals surface area contributed by atoms with Gasteiger partial charge in [0.15, 0.2) is 0 Å². The van der Waals surface area contributed by atoms with E-state index in [1.165, 1.54) is 24.0 Å². The van der Waals surface area contributed by atoms with Crippen molar-refractivity contribution in [1.82, 2.24) is 14.5 Å². The van der Waals surface area contributed by atoms with E-state index >= 15 is 0 Å². The minimum atomic E-state index is -5.62. The van der Waals surface area contributed by atoms with Crippen LogP contribution in [-0.4, -0.2) is 42.9 Å². The third-order valence-electron chi connectivity index (χ3n) is 6.41. The van der Waals surface area contributed by atoms with Gasteiger partial charge in [-0.2, -0.15) is 26.3 Å². The number of rotatable bonds is 6. The zero-order chi connectivity index (χ0) is 28.1. The van der Waals surface area contributed by atoms with Gasteiger partial charge in [-0.05, 0) is 30.9 Å². The molecule has 1 fully saturated rings. The summed E-state index contributed by atoms with van der Waals surface area (Å²) in [5.41, 5.74) is -2.48. The molecule has 3 unspecified atom stereocenters. The number of imidazole rings is 1. The van der Waals surface area contributed by atoms with Crippen molar-refractivity contribution in [2.45, 2.75) is 50.6 Å². The van der Waals surface area contributed by atoms with Crippen molar-refractivity contribution in [3.8, 4) is 0 Å². The number of primary amides is 1. The molecule has 0 radical (unpaired) electrons. The second-order valence-electron chi connectivity index (χ2n) is 9.39. The maximum atomic E-state index is 14.0. The van der Waals surface area contributed by atoms with Crippen molar-refractivity contribution < 1.29 is 45.8 Å². The Labute approximate surface area is 207 Å². The SMILES string of the molecule is CC(C)CC1(C(=O)O)CC(C(N)=O)C(c2nccn2C)N1C(=O)c1cccc(C(F)(F)F)c1C(F)(F)F. The van der Waals surface area contributed by atoms with Gasteiger partial charge in [-0.15, -0.1) is 0 Å². The summed E-state index contributed by atoms with van der Waals surface area (Å²) in [5.74, 6) is -6.25. The lowest BCUT2D eigenvalue weighted by atomic mass is 9.83. The Balaban J connectivity index is 2.40. The molecule has 3 atom stereocenters. The van der Waals surface area contributed by atoms with Crippen LogP contribution in [0.2, 0.25) is 0 Å². The highest BCUT2D eigenvalue weighted by Crippen LogP contribution is 2.51. The molecule has 2 heterocycles. The lowest BCUT2D eigenvalue weighted by Gasteiger charge is -2.39. The molecule has 1 aromatic heterocycles. The van der Waals surface area contributed by atoms with E-state index < -0.39 is 76.7 Å². The van der Waals surface area contributed by atoms with Gasteiger partial charge in [0, 0.05) is 19.4 Å². The predicted molar refractivity (Wildman–Crippen MR) is 116 cm³/mol. The van der Waals surface area contributed by atoms with Gasteiger partial charge in [-0.25, -0.2) is 9.78 Å². The van der Waals surface area contributed by atoms with E-state index in [1.54, 1.807) is 13.8 Å². The van der Waals surface area contributed by atoms with Crippen LogP contribution < -0.4 is 5.73 Å². The summed E-state index contributed by atoms with van der Waals surface area (Å²) < 4.78 is 84.1. The monoisotopic (exact) mass is 534 g/mol. The number of carboxylic acids is 1. The zero-order valence-corrected chi connectivity index (χ0v) is 19.9. The van der Waals surface area contributed by atoms with Gasteiger partial charge in [0.25, 0.3) is 5.91 Å². The number of benzene rings is 1. The number of amides is 2. The fraction of sp³-hybridized carbons (Fsp3) is 0.478. The van der Waals surface area contributed by atoms with Crippen molar-refractivity contribution >= 4 is 17.8 Å². The van der Waals surface area contributed by atoms with Gasteiger partial charge in [0.2, 0.25) is 5.91 Å². The number of alkyl halides is 6. The van der Waals surface area contributed by atoms with Crippen molar-refractivity contribution in [3.05, 3.63) is 53.1 Å². The van der Waals surface area contributed by atoms with Crippen LogP contribution in [0, 0.1) is 11.8 Å². The fourth-order valence-corrected chi connectivity index (χ4v) is 5.09. The molecule has 1 aliphatic rings. The molecule has 0 saturated carbocycles. The second-order valence-corrected chi connectivity index (χ2v) is 9.39. The van der Waals surface area contributed by atoms with Gasteiger partial charge in [-0.1, -0.05) is 19.9 Å². The third kappa shape index (κ3) is 4.88. The zero-order valence-electron chi connectivity index (χ0n) is 19.9. The Morgan fingerprint density at radius 3 is 2.22 bits per heavy atom. The largest absolute Gasteiger partial charge is 0.479 e. The Morgan fingerprint density at radius 2 is 1.78 bits per heavy atom. The number of carbonyl (C=O) groups excluding carboxylic acids is 2. The van der Waals surface area contributed by atoms with Crippen molar-refractivity contribution in [1.29, 1.82) is 0 Å². The Hall–Kier alpha value is -3.58. The number of nitrogens with zero attached hydrogens (tertiary/aromatic N) is 3. The average molecular weight is 534 g/mol. The number of hydrogen-bond donors (Lipinski definition) is 2. The molecule has 2 amide bonds. The first kappa shape index (κ1) is 28.0. The van der Waals surface area contributed by atoms with Crippen molar-refractivity contribution in [2.75, 3.05) is 0 Å². The normalized spacial score (nSPS) is 22.5. The standard InChI is InChI=1S/C23H24F6N4O4/c1-11(2)9-21(20(36)37)10-13(17(30)34)16(18-31-7-8-32(18)3)33(21)19(35)12-5-4-6-14(22(24,25)26)15(12)23(27,28)29/h4-8,11,13,16H,9-10H2,1-3H3,(H2,30,34)(H,36,37). The van der Waals surface area contributed by atoms with Crippen LogP contribution in [0.4, 0.5) is 26.3 Å². The number of carbonyl (C=O) groups is 3. The maximum absolute atomic E-state index is 14.0. The second kappa shape index (κ2) is 9.38. The molecule has 14 heteroatoms. The Kier molecular flexibility index (Phi) is 7.10. The van der Waals surface area contributed by atoms with E-state index in [4.69, 9.17) is 5.73 Å². The van der Waals surface area contributed by atoms with Crippen LogP contribution >= 0.6 is 0 Å². The first-order valence-electron chi connectivity index (χ1n) is 11.0. The number of aromatic nitrogens is 2. The summed E-state index contributed by atoms with van der Waals surface area (Å²) >= 11 is 0. The molecule has 1 aliphatic heterocycles. The molecule has 8 nitrogen and oxygen atoms in total. The molecular weight excluding hydrogens is 510 g/mol. The molecule has 1 saturated heterocycles. The molecule has 3 N–H and O–H groups in total. The van der Waals surface area contributed by atoms with Gasteiger partial charge >= 0.3 is 18.3 Å². The molecular formula is C23H24F6N4O4. The van der Waals surface area contributed by atoms with E-state index in [-0.39, 0.29) is 18.3 Å². The minimum absolute atomic E-state index is 0.0652. The summed E-state index contributed by atoms with van der Waals surface area (Å²) in [6.07, 6.45) is -9.33. The summed E-state index contributed by atoms with van der Waals surface area (Å²) in [7, 11) is 1.44. The van der Waals surface area contributed by atoms with Crippen LogP contribution in [-0.2, 0) is 29.0 Å². The van der Waals surface area contributed by atoms with Gasteiger partial charge in [-0.3, -0.25) is 9.59 Å². The summed E-state index contributed by atoms with van der Waals surface area (Å²) in [5, 5.41) is 10.3. The van der Waals surface area contributed by atoms with E-state index in [0.717, 1.165) is 0 Å². The topological polar surface area (TPSA) is 119 Å². The third-order valence-corrected chi connectivity index (χ3v) is 6.41. The summed E-state index contributed by atoms with van der Waals surface area (Å²) in [6.45, 7) is 3.18. The first-order valence-corrected chi connectivity index (χ1v) is 11.0. The van der Waals surface area contributed by atoms with Gasteiger partial charge in [0.1, 0.15) is 17.4 Å². The van der Waals surface area contributed by atoms with Gasteiger partial charge < -0.3 is 20.3 Å². The van der Waals surface area contributed by atoms with Gasteiger partial charge in [0.05, 0.1) is 22.6 Å². The van der Waals surface area contributed by atoms with Crippen LogP contribution in [0.3, 0.4) is 0 Å². The van der Waals surface area contributed by atoms with E-state index in [1.807, 2.05) is 0 Å². The van der Waals surface area contributed by atoms with Crippen molar-refractivity contribution in [2.24, 2.45) is 24.6 Å². The highest BCUT2D eigenvalue weighted by Gasteiger charge is 2.62. The van der Waals surface area contributed by atoms with Crippen LogP contribution in [0.5, 0.6) is 0 Å². The van der Waals surface area contributed by atoms with Crippen LogP contribution in [0.15, 0.2) is 30.6 Å². The number of nitrogens with two attached hydrogens (primary N) is 1. The van der Waals surface area contributed by atoms with Crippen molar-refractivity contribution in [3.63, 3.8) is 0 Å². The molecule has 3 rings (SSSR count). The van der Waals surface area contributed by atoms with E-state index in [0.29, 0.717) is 17.0 Å². The number of aryl methyl sites for hydroxylation is 1. The van der Waals surface area contributed by atoms with E-state index in [2.05, 4.69) is 4.98 Å². The van der Waals surface area contributed by atoms with E-state index in [9.17, 15) is 45.8 Å². The summed E-state index contributed by atoms with van der Waals surface area (Å²) in [4.78, 5) is 43.7. The molecule has 1 aromatic carbocycles. The highest BCUT2D eigenvalue weighted by molar-refractivity contribution is 6.01. The molecule has 0 bridgehead atoms. The molecule has 37 heavy (non-hydrogen) atoms. The Morgan fingerprint density at radius 1 is 1.16 bits per heavy atom. The Bertz CT molecular complexity index is 1220. The quantitative estimate of drug-likeness (QED) is 0.543. The summed E-state index contributed by atoms with van der Waals surface area (Å²) in [6, 6.07) is -0.191. The fourth-order valence-electron chi connectivity index (χ4n) is 5.09. The molecule has 0 aliphatic carbocycles. The highest BCUT2D eigenvalue weighted by atomic mass is 19.4. The molecule has 202 valence electrons. The smallest absolute Gasteiger partial charge is 0.417 e. The lowest BCUT2D eigenvalue weighted by Crippen LogP contribution is -2.55. The number of halogens is 6. The number of carboxylic acid groups (broad SMARTS) is 1. The number of aliphatic carboxylic acids is 1. The minimum Gasteiger partial charge on any atom is -0.479 e. The number of likely N-dealkylation sites (tertiary alicyclic amines) is 1. The molecule has 0 spiro atoms. The van der Waals surface area contributed by atoms with Crippen LogP contribution in [0.25, 0.3) is 0 Å². The number of hydrogen-bond acceptors (Lipinski definition) is 4. The average Bonchev–Trinajstić information content (AvgIpc) is 3.32.